The Morgan fingerprint density at radius 3 is 2.81 bits per heavy atom. The van der Waals surface area contributed by atoms with Crippen molar-refractivity contribution in [2.75, 3.05) is 10.6 Å². The Balaban J connectivity index is 1.95. The molecule has 0 aliphatic carbocycles. The molecule has 0 radical (unpaired) electrons. The summed E-state index contributed by atoms with van der Waals surface area (Å²) in [6.07, 6.45) is 3.21. The first-order chi connectivity index (χ1) is 7.74. The summed E-state index contributed by atoms with van der Waals surface area (Å²) in [7, 11) is 0. The fourth-order valence-electron chi connectivity index (χ4n) is 1.09. The predicted molar refractivity (Wildman–Crippen MR) is 66.2 cm³/mol. The van der Waals surface area contributed by atoms with Gasteiger partial charge in [-0.2, -0.15) is 0 Å². The molecule has 0 saturated carbocycles. The molecule has 0 bridgehead atoms. The van der Waals surface area contributed by atoms with Crippen LogP contribution in [-0.2, 0) is 0 Å². The molecule has 0 aliphatic heterocycles. The summed E-state index contributed by atoms with van der Waals surface area (Å²) in [5, 5.41) is 6.02. The Hall–Kier alpha value is -1.59. The minimum Gasteiger partial charge on any atom is -0.306 e. The molecule has 16 heavy (non-hydrogen) atoms. The largest absolute Gasteiger partial charge is 0.324 e. The fourth-order valence-corrected chi connectivity index (χ4v) is 2.03. The SMILES string of the molecule is O=C(Nc1cccnc1)Nc1ccc(Cl)s1. The first-order valence-corrected chi connectivity index (χ1v) is 5.67. The summed E-state index contributed by atoms with van der Waals surface area (Å²) in [6.45, 7) is 0. The zero-order valence-corrected chi connectivity index (χ0v) is 9.68. The van der Waals surface area contributed by atoms with Gasteiger partial charge in [0.15, 0.2) is 0 Å². The summed E-state index contributed by atoms with van der Waals surface area (Å²) in [6, 6.07) is 6.67. The monoisotopic (exact) mass is 253 g/mol. The predicted octanol–water partition coefficient (Wildman–Crippen LogP) is 3.44. The third kappa shape index (κ3) is 2.95. The lowest BCUT2D eigenvalue weighted by Gasteiger charge is -2.04. The molecule has 0 spiro atoms. The second-order valence-corrected chi connectivity index (χ2v) is 4.64. The van der Waals surface area contributed by atoms with Crippen molar-refractivity contribution in [3.63, 3.8) is 0 Å². The van der Waals surface area contributed by atoms with Crippen LogP contribution in [0.15, 0.2) is 36.7 Å². The molecule has 0 saturated heterocycles. The van der Waals surface area contributed by atoms with Crippen LogP contribution in [0.25, 0.3) is 0 Å². The van der Waals surface area contributed by atoms with Crippen molar-refractivity contribution in [1.82, 2.24) is 4.98 Å². The van der Waals surface area contributed by atoms with Crippen LogP contribution >= 0.6 is 22.9 Å². The smallest absolute Gasteiger partial charge is 0.306 e. The van der Waals surface area contributed by atoms with Gasteiger partial charge in [0.1, 0.15) is 0 Å². The minimum absolute atomic E-state index is 0.313. The Kier molecular flexibility index (Phi) is 3.38. The number of anilines is 2. The zero-order chi connectivity index (χ0) is 11.4. The topological polar surface area (TPSA) is 54.0 Å². The van der Waals surface area contributed by atoms with Gasteiger partial charge in [0, 0.05) is 6.20 Å². The second-order valence-electron chi connectivity index (χ2n) is 2.92. The first kappa shape index (κ1) is 10.9. The van der Waals surface area contributed by atoms with Crippen LogP contribution in [0.4, 0.5) is 15.5 Å². The highest BCUT2D eigenvalue weighted by Gasteiger charge is 2.04. The highest BCUT2D eigenvalue weighted by molar-refractivity contribution is 7.20. The number of carbonyl (C=O) groups excluding carboxylic acids is 1. The number of hydrogen-bond donors (Lipinski definition) is 2. The molecule has 6 heteroatoms. The molecule has 2 aromatic rings. The van der Waals surface area contributed by atoms with Gasteiger partial charge in [0.05, 0.1) is 21.2 Å². The Labute approximate surface area is 101 Å². The molecule has 0 aliphatic rings. The van der Waals surface area contributed by atoms with E-state index >= 15 is 0 Å². The number of amides is 2. The van der Waals surface area contributed by atoms with Gasteiger partial charge in [-0.15, -0.1) is 11.3 Å². The van der Waals surface area contributed by atoms with Gasteiger partial charge < -0.3 is 5.32 Å². The van der Waals surface area contributed by atoms with Crippen molar-refractivity contribution < 1.29 is 4.79 Å². The molecule has 82 valence electrons. The standard InChI is InChI=1S/C10H8ClN3OS/c11-8-3-4-9(16-8)14-10(15)13-7-2-1-5-12-6-7/h1-6H,(H2,13,14,15). The number of aromatic nitrogens is 1. The van der Waals surface area contributed by atoms with Gasteiger partial charge in [-0.25, -0.2) is 4.79 Å². The van der Waals surface area contributed by atoms with Gasteiger partial charge in [0.25, 0.3) is 0 Å². The quantitative estimate of drug-likeness (QED) is 0.861. The number of thiophene rings is 1. The van der Waals surface area contributed by atoms with Crippen LogP contribution < -0.4 is 10.6 Å². The first-order valence-electron chi connectivity index (χ1n) is 4.47. The van der Waals surface area contributed by atoms with E-state index in [0.29, 0.717) is 15.0 Å². The number of hydrogen-bond acceptors (Lipinski definition) is 3. The molecule has 4 nitrogen and oxygen atoms in total. The second kappa shape index (κ2) is 4.96. The van der Waals surface area contributed by atoms with E-state index in [1.54, 1.807) is 36.7 Å². The van der Waals surface area contributed by atoms with Gasteiger partial charge in [0.2, 0.25) is 0 Å². The van der Waals surface area contributed by atoms with E-state index in [1.165, 1.54) is 11.3 Å². The maximum absolute atomic E-state index is 11.5. The number of halogens is 1. The Bertz CT molecular complexity index is 486. The molecular formula is C10H8ClN3OS. The molecular weight excluding hydrogens is 246 g/mol. The fraction of sp³-hybridized carbons (Fsp3) is 0. The van der Waals surface area contributed by atoms with E-state index in [2.05, 4.69) is 15.6 Å². The van der Waals surface area contributed by atoms with Crippen molar-refractivity contribution in [3.8, 4) is 0 Å². The number of carbonyl (C=O) groups is 1. The van der Waals surface area contributed by atoms with Crippen LogP contribution in [0.1, 0.15) is 0 Å². The van der Waals surface area contributed by atoms with E-state index in [-0.39, 0.29) is 6.03 Å². The van der Waals surface area contributed by atoms with Gasteiger partial charge >= 0.3 is 6.03 Å². The van der Waals surface area contributed by atoms with Gasteiger partial charge in [-0.1, -0.05) is 11.6 Å². The molecule has 0 aromatic carbocycles. The minimum atomic E-state index is -0.313. The van der Waals surface area contributed by atoms with Crippen LogP contribution in [0.5, 0.6) is 0 Å². The van der Waals surface area contributed by atoms with Crippen LogP contribution in [0.2, 0.25) is 4.34 Å². The molecule has 0 fully saturated rings. The lowest BCUT2D eigenvalue weighted by atomic mass is 10.4. The maximum atomic E-state index is 11.5. The molecule has 2 amide bonds. The maximum Gasteiger partial charge on any atom is 0.324 e. The lowest BCUT2D eigenvalue weighted by molar-refractivity contribution is 0.262. The number of nitrogens with zero attached hydrogens (tertiary/aromatic N) is 1. The summed E-state index contributed by atoms with van der Waals surface area (Å²) in [5.74, 6) is 0. The summed E-state index contributed by atoms with van der Waals surface area (Å²) in [5.41, 5.74) is 0.641. The highest BCUT2D eigenvalue weighted by Crippen LogP contribution is 2.25. The summed E-state index contributed by atoms with van der Waals surface area (Å²) < 4.78 is 0.636. The van der Waals surface area contributed by atoms with Crippen molar-refractivity contribution in [2.24, 2.45) is 0 Å². The van der Waals surface area contributed by atoms with Crippen molar-refractivity contribution in [3.05, 3.63) is 41.0 Å². The molecule has 2 heterocycles. The number of urea groups is 1. The molecule has 2 N–H and O–H groups in total. The Morgan fingerprint density at radius 1 is 1.31 bits per heavy atom. The molecule has 2 aromatic heterocycles. The molecule has 2 rings (SSSR count). The van der Waals surface area contributed by atoms with E-state index < -0.39 is 0 Å². The van der Waals surface area contributed by atoms with Crippen LogP contribution in [0.3, 0.4) is 0 Å². The average molecular weight is 254 g/mol. The van der Waals surface area contributed by atoms with Crippen LogP contribution in [-0.4, -0.2) is 11.0 Å². The van der Waals surface area contributed by atoms with Crippen molar-refractivity contribution in [2.45, 2.75) is 0 Å². The lowest BCUT2D eigenvalue weighted by Crippen LogP contribution is -2.18. The van der Waals surface area contributed by atoms with E-state index in [0.717, 1.165) is 0 Å². The Morgan fingerprint density at radius 2 is 2.19 bits per heavy atom. The normalized spacial score (nSPS) is 9.81. The number of nitrogens with one attached hydrogen (secondary N) is 2. The number of rotatable bonds is 2. The average Bonchev–Trinajstić information content (AvgIpc) is 2.65. The van der Waals surface area contributed by atoms with Gasteiger partial charge in [-0.05, 0) is 24.3 Å². The van der Waals surface area contributed by atoms with Crippen molar-refractivity contribution in [1.29, 1.82) is 0 Å². The summed E-state index contributed by atoms with van der Waals surface area (Å²) >= 11 is 7.05. The third-order valence-electron chi connectivity index (χ3n) is 1.73. The van der Waals surface area contributed by atoms with E-state index in [9.17, 15) is 4.79 Å². The summed E-state index contributed by atoms with van der Waals surface area (Å²) in [4.78, 5) is 15.4. The number of pyridine rings is 1. The highest BCUT2D eigenvalue weighted by atomic mass is 35.5. The van der Waals surface area contributed by atoms with E-state index in [1.807, 2.05) is 0 Å². The van der Waals surface area contributed by atoms with E-state index in [4.69, 9.17) is 11.6 Å². The molecule has 0 unspecified atom stereocenters. The third-order valence-corrected chi connectivity index (χ3v) is 2.88. The van der Waals surface area contributed by atoms with Crippen LogP contribution in [0, 0.1) is 0 Å². The zero-order valence-electron chi connectivity index (χ0n) is 8.11. The van der Waals surface area contributed by atoms with Crippen molar-refractivity contribution >= 4 is 39.7 Å². The molecule has 0 atom stereocenters. The van der Waals surface area contributed by atoms with Gasteiger partial charge in [-0.3, -0.25) is 10.3 Å².